The molecule has 0 saturated carbocycles. The summed E-state index contributed by atoms with van der Waals surface area (Å²) >= 11 is 0. The lowest BCUT2D eigenvalue weighted by Crippen LogP contribution is -2.21. The fourth-order valence-corrected chi connectivity index (χ4v) is 2.55. The van der Waals surface area contributed by atoms with Gasteiger partial charge in [0.05, 0.1) is 0 Å². The zero-order valence-corrected chi connectivity index (χ0v) is 13.5. The number of primary amides is 1. The van der Waals surface area contributed by atoms with Crippen molar-refractivity contribution in [1.82, 2.24) is 0 Å². The SMILES string of the molecule is NC(=O)COc1ccccc1C(=O)OCc1cccc2ccccc12. The van der Waals surface area contributed by atoms with Crippen LogP contribution in [0.5, 0.6) is 5.75 Å². The number of hydrogen-bond donors (Lipinski definition) is 1. The molecule has 3 aromatic carbocycles. The van der Waals surface area contributed by atoms with Crippen LogP contribution in [0.3, 0.4) is 0 Å². The molecule has 25 heavy (non-hydrogen) atoms. The molecular weight excluding hydrogens is 318 g/mol. The van der Waals surface area contributed by atoms with Crippen molar-refractivity contribution in [3.05, 3.63) is 77.9 Å². The first-order chi connectivity index (χ1) is 12.1. The van der Waals surface area contributed by atoms with Crippen molar-refractivity contribution in [3.63, 3.8) is 0 Å². The lowest BCUT2D eigenvalue weighted by molar-refractivity contribution is -0.119. The van der Waals surface area contributed by atoms with Gasteiger partial charge in [0.2, 0.25) is 0 Å². The molecule has 0 aromatic heterocycles. The van der Waals surface area contributed by atoms with E-state index in [0.717, 1.165) is 16.3 Å². The molecule has 0 aliphatic rings. The molecule has 0 radical (unpaired) electrons. The third kappa shape index (κ3) is 3.95. The number of carbonyl (C=O) groups is 2. The van der Waals surface area contributed by atoms with Gasteiger partial charge in [0.15, 0.2) is 6.61 Å². The van der Waals surface area contributed by atoms with E-state index in [4.69, 9.17) is 15.2 Å². The van der Waals surface area contributed by atoms with E-state index in [0.29, 0.717) is 0 Å². The van der Waals surface area contributed by atoms with Crippen molar-refractivity contribution in [2.45, 2.75) is 6.61 Å². The predicted molar refractivity (Wildman–Crippen MR) is 94.2 cm³/mol. The molecule has 3 rings (SSSR count). The minimum absolute atomic E-state index is 0.143. The molecule has 0 unspecified atom stereocenters. The number of carbonyl (C=O) groups excluding carboxylic acids is 2. The van der Waals surface area contributed by atoms with Crippen molar-refractivity contribution < 1.29 is 19.1 Å². The number of hydrogen-bond acceptors (Lipinski definition) is 4. The van der Waals surface area contributed by atoms with Gasteiger partial charge in [0.25, 0.3) is 5.91 Å². The molecule has 0 heterocycles. The van der Waals surface area contributed by atoms with Gasteiger partial charge < -0.3 is 15.2 Å². The van der Waals surface area contributed by atoms with E-state index >= 15 is 0 Å². The number of esters is 1. The fourth-order valence-electron chi connectivity index (χ4n) is 2.55. The van der Waals surface area contributed by atoms with Crippen molar-refractivity contribution in [1.29, 1.82) is 0 Å². The first kappa shape index (κ1) is 16.5. The summed E-state index contributed by atoms with van der Waals surface area (Å²) in [5.41, 5.74) is 6.25. The van der Waals surface area contributed by atoms with Crippen LogP contribution >= 0.6 is 0 Å². The van der Waals surface area contributed by atoms with Gasteiger partial charge >= 0.3 is 5.97 Å². The first-order valence-corrected chi connectivity index (χ1v) is 7.79. The molecule has 5 nitrogen and oxygen atoms in total. The second-order valence-corrected chi connectivity index (χ2v) is 5.47. The molecule has 0 spiro atoms. The Bertz CT molecular complexity index is 915. The Morgan fingerprint density at radius 3 is 2.44 bits per heavy atom. The molecule has 0 fully saturated rings. The van der Waals surface area contributed by atoms with Gasteiger partial charge in [-0.15, -0.1) is 0 Å². The summed E-state index contributed by atoms with van der Waals surface area (Å²) in [4.78, 5) is 23.3. The maximum absolute atomic E-state index is 12.4. The van der Waals surface area contributed by atoms with E-state index in [2.05, 4.69) is 0 Å². The zero-order chi connectivity index (χ0) is 17.6. The normalized spacial score (nSPS) is 10.4. The zero-order valence-electron chi connectivity index (χ0n) is 13.5. The van der Waals surface area contributed by atoms with Crippen molar-refractivity contribution in [2.24, 2.45) is 5.73 Å². The lowest BCUT2D eigenvalue weighted by Gasteiger charge is -2.11. The number of ether oxygens (including phenoxy) is 2. The van der Waals surface area contributed by atoms with E-state index in [1.165, 1.54) is 0 Å². The average molecular weight is 335 g/mol. The highest BCUT2D eigenvalue weighted by Gasteiger charge is 2.15. The number of para-hydroxylation sites is 1. The van der Waals surface area contributed by atoms with E-state index < -0.39 is 11.9 Å². The molecular formula is C20H17NO4. The molecule has 0 aliphatic carbocycles. The van der Waals surface area contributed by atoms with Crippen LogP contribution in [0.2, 0.25) is 0 Å². The van der Waals surface area contributed by atoms with Crippen LogP contribution in [0, 0.1) is 0 Å². The van der Waals surface area contributed by atoms with Gasteiger partial charge in [-0.1, -0.05) is 54.6 Å². The molecule has 0 bridgehead atoms. The highest BCUT2D eigenvalue weighted by molar-refractivity contribution is 5.93. The monoisotopic (exact) mass is 335 g/mol. The highest BCUT2D eigenvalue weighted by Crippen LogP contribution is 2.22. The number of fused-ring (bicyclic) bond motifs is 1. The summed E-state index contributed by atoms with van der Waals surface area (Å²) in [5.74, 6) is -0.865. The second-order valence-electron chi connectivity index (χ2n) is 5.47. The molecule has 1 amide bonds. The quantitative estimate of drug-likeness (QED) is 0.702. The van der Waals surface area contributed by atoms with E-state index in [-0.39, 0.29) is 24.5 Å². The van der Waals surface area contributed by atoms with E-state index in [9.17, 15) is 9.59 Å². The summed E-state index contributed by atoms with van der Waals surface area (Å²) in [6, 6.07) is 20.3. The summed E-state index contributed by atoms with van der Waals surface area (Å²) in [6.07, 6.45) is 0. The van der Waals surface area contributed by atoms with Crippen LogP contribution in [0.25, 0.3) is 10.8 Å². The summed E-state index contributed by atoms with van der Waals surface area (Å²) in [7, 11) is 0. The standard InChI is InChI=1S/C20H17NO4/c21-19(22)13-24-18-11-4-3-10-17(18)20(23)25-12-15-8-5-7-14-6-1-2-9-16(14)15/h1-11H,12-13H2,(H2,21,22). The lowest BCUT2D eigenvalue weighted by atomic mass is 10.1. The van der Waals surface area contributed by atoms with Gasteiger partial charge in [-0.25, -0.2) is 4.79 Å². The number of rotatable bonds is 6. The smallest absolute Gasteiger partial charge is 0.342 e. The minimum atomic E-state index is -0.612. The van der Waals surface area contributed by atoms with Gasteiger partial charge in [0.1, 0.15) is 17.9 Å². The van der Waals surface area contributed by atoms with Gasteiger partial charge in [-0.2, -0.15) is 0 Å². The number of nitrogens with two attached hydrogens (primary N) is 1. The van der Waals surface area contributed by atoms with Crippen molar-refractivity contribution in [3.8, 4) is 5.75 Å². The van der Waals surface area contributed by atoms with Crippen LogP contribution in [0.4, 0.5) is 0 Å². The Hall–Kier alpha value is -3.34. The molecule has 3 aromatic rings. The largest absolute Gasteiger partial charge is 0.483 e. The summed E-state index contributed by atoms with van der Waals surface area (Å²) in [6.45, 7) is -0.155. The predicted octanol–water partition coefficient (Wildman–Crippen LogP) is 3.06. The third-order valence-electron chi connectivity index (χ3n) is 3.72. The topological polar surface area (TPSA) is 78.6 Å². The number of amides is 1. The van der Waals surface area contributed by atoms with Crippen LogP contribution in [-0.2, 0) is 16.1 Å². The van der Waals surface area contributed by atoms with Crippen LogP contribution in [0.15, 0.2) is 66.7 Å². The van der Waals surface area contributed by atoms with Crippen LogP contribution in [-0.4, -0.2) is 18.5 Å². The van der Waals surface area contributed by atoms with E-state index in [1.807, 2.05) is 42.5 Å². The maximum atomic E-state index is 12.4. The van der Waals surface area contributed by atoms with Crippen LogP contribution < -0.4 is 10.5 Å². The van der Waals surface area contributed by atoms with Crippen LogP contribution in [0.1, 0.15) is 15.9 Å². The molecule has 0 atom stereocenters. The average Bonchev–Trinajstić information content (AvgIpc) is 2.64. The van der Waals surface area contributed by atoms with Crippen molar-refractivity contribution in [2.75, 3.05) is 6.61 Å². The van der Waals surface area contributed by atoms with Gasteiger partial charge in [-0.05, 0) is 28.5 Å². The maximum Gasteiger partial charge on any atom is 0.342 e. The summed E-state index contributed by atoms with van der Waals surface area (Å²) in [5, 5.41) is 2.12. The minimum Gasteiger partial charge on any atom is -0.483 e. The third-order valence-corrected chi connectivity index (χ3v) is 3.72. The first-order valence-electron chi connectivity index (χ1n) is 7.79. The Balaban J connectivity index is 1.75. The van der Waals surface area contributed by atoms with Gasteiger partial charge in [-0.3, -0.25) is 4.79 Å². The fraction of sp³-hybridized carbons (Fsp3) is 0.100. The Labute approximate surface area is 145 Å². The highest BCUT2D eigenvalue weighted by atomic mass is 16.5. The molecule has 2 N–H and O–H groups in total. The Morgan fingerprint density at radius 1 is 0.880 bits per heavy atom. The Kier molecular flexibility index (Phi) is 4.95. The Morgan fingerprint density at radius 2 is 1.60 bits per heavy atom. The molecule has 0 aliphatic heterocycles. The molecule has 0 saturated heterocycles. The number of benzene rings is 3. The van der Waals surface area contributed by atoms with Gasteiger partial charge in [0, 0.05) is 0 Å². The van der Waals surface area contributed by atoms with E-state index in [1.54, 1.807) is 24.3 Å². The molecule has 126 valence electrons. The second kappa shape index (κ2) is 7.49. The molecule has 5 heteroatoms. The van der Waals surface area contributed by atoms with Crippen molar-refractivity contribution >= 4 is 22.6 Å². The summed E-state index contributed by atoms with van der Waals surface area (Å²) < 4.78 is 10.7.